The third-order valence-electron chi connectivity index (χ3n) is 3.07. The Hall–Kier alpha value is -1.93. The molecule has 0 aliphatic carbocycles. The van der Waals surface area contributed by atoms with Crippen molar-refractivity contribution in [3.63, 3.8) is 0 Å². The molecule has 0 spiro atoms. The number of halogens is 1. The van der Waals surface area contributed by atoms with Gasteiger partial charge < -0.3 is 9.88 Å². The fraction of sp³-hybridized carbons (Fsp3) is 0.0667. The summed E-state index contributed by atoms with van der Waals surface area (Å²) in [5, 5.41) is 1.88. The number of para-hydroxylation sites is 1. The molecular weight excluding hydrogens is 244 g/mol. The highest BCUT2D eigenvalue weighted by molar-refractivity contribution is 6.31. The summed E-state index contributed by atoms with van der Waals surface area (Å²) >= 11 is 6.00. The number of aromatic amines is 1. The van der Waals surface area contributed by atoms with Crippen molar-refractivity contribution in [3.8, 4) is 0 Å². The van der Waals surface area contributed by atoms with E-state index in [1.54, 1.807) is 0 Å². The van der Waals surface area contributed by atoms with Crippen LogP contribution in [0.2, 0.25) is 5.02 Å². The summed E-state index contributed by atoms with van der Waals surface area (Å²) in [6.45, 7) is 0. The van der Waals surface area contributed by atoms with Crippen LogP contribution in [0.25, 0.3) is 10.9 Å². The highest BCUT2D eigenvalue weighted by Crippen LogP contribution is 2.27. The maximum absolute atomic E-state index is 6.00. The molecule has 18 heavy (non-hydrogen) atoms. The average molecular weight is 257 g/mol. The van der Waals surface area contributed by atoms with Crippen LogP contribution in [-0.4, -0.2) is 12.0 Å². The van der Waals surface area contributed by atoms with Crippen LogP contribution >= 0.6 is 11.6 Å². The van der Waals surface area contributed by atoms with Crippen molar-refractivity contribution in [1.82, 2.24) is 4.98 Å². The quantitative estimate of drug-likeness (QED) is 0.711. The first-order valence-corrected chi connectivity index (χ1v) is 6.19. The van der Waals surface area contributed by atoms with Gasteiger partial charge in [-0.05, 0) is 36.4 Å². The fourth-order valence-electron chi connectivity index (χ4n) is 2.06. The molecule has 0 atom stereocenters. The maximum atomic E-state index is 6.00. The van der Waals surface area contributed by atoms with E-state index < -0.39 is 0 Å². The highest BCUT2D eigenvalue weighted by atomic mass is 35.5. The average Bonchev–Trinajstić information content (AvgIpc) is 2.81. The van der Waals surface area contributed by atoms with Gasteiger partial charge in [-0.15, -0.1) is 0 Å². The lowest BCUT2D eigenvalue weighted by Gasteiger charge is -2.16. The highest BCUT2D eigenvalue weighted by Gasteiger charge is 2.07. The minimum atomic E-state index is 0.760. The number of fused-ring (bicyclic) bond motifs is 1. The van der Waals surface area contributed by atoms with Crippen molar-refractivity contribution in [2.24, 2.45) is 0 Å². The Labute approximate surface area is 111 Å². The molecule has 0 saturated heterocycles. The summed E-state index contributed by atoms with van der Waals surface area (Å²) in [6, 6.07) is 18.2. The van der Waals surface area contributed by atoms with Gasteiger partial charge in [-0.25, -0.2) is 0 Å². The van der Waals surface area contributed by atoms with Gasteiger partial charge in [0.15, 0.2) is 0 Å². The first-order valence-electron chi connectivity index (χ1n) is 5.81. The number of hydrogen-bond acceptors (Lipinski definition) is 1. The molecule has 1 N–H and O–H groups in total. The van der Waals surface area contributed by atoms with Crippen LogP contribution in [0.5, 0.6) is 0 Å². The molecule has 3 heteroatoms. The zero-order valence-corrected chi connectivity index (χ0v) is 10.8. The van der Waals surface area contributed by atoms with E-state index in [9.17, 15) is 0 Å². The number of nitrogens with one attached hydrogen (secondary N) is 1. The molecule has 2 aromatic carbocycles. The molecule has 0 aliphatic heterocycles. The standard InChI is InChI=1S/C15H13ClN2/c1-18(13-5-3-2-4-6-13)15-10-11-9-12(16)7-8-14(11)17-15/h2-10,17H,1H3. The molecule has 0 saturated carbocycles. The Balaban J connectivity index is 2.04. The van der Waals surface area contributed by atoms with Crippen LogP contribution in [-0.2, 0) is 0 Å². The van der Waals surface area contributed by atoms with Crippen molar-refractivity contribution < 1.29 is 0 Å². The Morgan fingerprint density at radius 3 is 2.56 bits per heavy atom. The molecule has 3 aromatic rings. The lowest BCUT2D eigenvalue weighted by Crippen LogP contribution is -2.09. The van der Waals surface area contributed by atoms with E-state index in [2.05, 4.69) is 28.1 Å². The zero-order chi connectivity index (χ0) is 12.5. The minimum Gasteiger partial charge on any atom is -0.341 e. The number of H-pyrrole nitrogens is 1. The van der Waals surface area contributed by atoms with Gasteiger partial charge in [0.1, 0.15) is 5.82 Å². The number of rotatable bonds is 2. The predicted molar refractivity (Wildman–Crippen MR) is 77.8 cm³/mol. The third-order valence-corrected chi connectivity index (χ3v) is 3.31. The Kier molecular flexibility index (Phi) is 2.73. The van der Waals surface area contributed by atoms with E-state index in [-0.39, 0.29) is 0 Å². The van der Waals surface area contributed by atoms with Gasteiger partial charge in [0.05, 0.1) is 0 Å². The number of benzene rings is 2. The van der Waals surface area contributed by atoms with Crippen LogP contribution in [0.4, 0.5) is 11.5 Å². The summed E-state index contributed by atoms with van der Waals surface area (Å²) in [5.41, 5.74) is 2.24. The van der Waals surface area contributed by atoms with Gasteiger partial charge in [0.25, 0.3) is 0 Å². The van der Waals surface area contributed by atoms with Crippen LogP contribution in [0.1, 0.15) is 0 Å². The summed E-state index contributed by atoms with van der Waals surface area (Å²) in [7, 11) is 2.04. The second-order valence-corrected chi connectivity index (χ2v) is 4.72. The summed E-state index contributed by atoms with van der Waals surface area (Å²) in [4.78, 5) is 5.51. The van der Waals surface area contributed by atoms with E-state index in [4.69, 9.17) is 11.6 Å². The second kappa shape index (κ2) is 4.39. The molecule has 0 amide bonds. The van der Waals surface area contributed by atoms with Crippen LogP contribution in [0.15, 0.2) is 54.6 Å². The van der Waals surface area contributed by atoms with Gasteiger partial charge in [-0.3, -0.25) is 0 Å². The van der Waals surface area contributed by atoms with E-state index in [1.807, 2.05) is 43.4 Å². The van der Waals surface area contributed by atoms with Crippen LogP contribution in [0, 0.1) is 0 Å². The van der Waals surface area contributed by atoms with Gasteiger partial charge >= 0.3 is 0 Å². The topological polar surface area (TPSA) is 19.0 Å². The number of nitrogens with zero attached hydrogens (tertiary/aromatic N) is 1. The molecule has 3 rings (SSSR count). The van der Waals surface area contributed by atoms with Crippen molar-refractivity contribution in [1.29, 1.82) is 0 Å². The monoisotopic (exact) mass is 256 g/mol. The zero-order valence-electron chi connectivity index (χ0n) is 10.0. The van der Waals surface area contributed by atoms with Gasteiger partial charge in [0.2, 0.25) is 0 Å². The van der Waals surface area contributed by atoms with E-state index in [0.717, 1.165) is 27.4 Å². The summed E-state index contributed by atoms with van der Waals surface area (Å²) in [5.74, 6) is 1.05. The summed E-state index contributed by atoms with van der Waals surface area (Å²) < 4.78 is 0. The Morgan fingerprint density at radius 1 is 1.00 bits per heavy atom. The van der Waals surface area contributed by atoms with Crippen molar-refractivity contribution >= 4 is 34.0 Å². The smallest absolute Gasteiger partial charge is 0.111 e. The van der Waals surface area contributed by atoms with Crippen LogP contribution in [0.3, 0.4) is 0 Å². The lowest BCUT2D eigenvalue weighted by atomic mass is 10.2. The van der Waals surface area contributed by atoms with E-state index >= 15 is 0 Å². The molecule has 2 nitrogen and oxygen atoms in total. The molecule has 0 aliphatic rings. The first-order chi connectivity index (χ1) is 8.74. The van der Waals surface area contributed by atoms with E-state index in [1.165, 1.54) is 0 Å². The maximum Gasteiger partial charge on any atom is 0.111 e. The molecule has 1 aromatic heterocycles. The number of hydrogen-bond donors (Lipinski definition) is 1. The van der Waals surface area contributed by atoms with Crippen molar-refractivity contribution in [2.75, 3.05) is 11.9 Å². The lowest BCUT2D eigenvalue weighted by molar-refractivity contribution is 1.16. The van der Waals surface area contributed by atoms with Crippen LogP contribution < -0.4 is 4.90 Å². The minimum absolute atomic E-state index is 0.760. The molecule has 0 radical (unpaired) electrons. The van der Waals surface area contributed by atoms with Gasteiger partial charge in [0, 0.05) is 28.7 Å². The molecular formula is C15H13ClN2. The van der Waals surface area contributed by atoms with Crippen molar-refractivity contribution in [2.45, 2.75) is 0 Å². The number of aromatic nitrogens is 1. The normalized spacial score (nSPS) is 10.8. The largest absolute Gasteiger partial charge is 0.341 e. The first kappa shape index (κ1) is 11.2. The van der Waals surface area contributed by atoms with Gasteiger partial charge in [-0.1, -0.05) is 29.8 Å². The molecule has 1 heterocycles. The SMILES string of the molecule is CN(c1ccccc1)c1cc2cc(Cl)ccc2[nH]1. The molecule has 0 fully saturated rings. The number of anilines is 2. The summed E-state index contributed by atoms with van der Waals surface area (Å²) in [6.07, 6.45) is 0. The third kappa shape index (κ3) is 1.95. The molecule has 90 valence electrons. The Morgan fingerprint density at radius 2 is 1.78 bits per heavy atom. The Bertz CT molecular complexity index is 673. The van der Waals surface area contributed by atoms with E-state index in [0.29, 0.717) is 0 Å². The molecule has 0 unspecified atom stereocenters. The van der Waals surface area contributed by atoms with Gasteiger partial charge in [-0.2, -0.15) is 0 Å². The fourth-order valence-corrected chi connectivity index (χ4v) is 2.24. The molecule has 0 bridgehead atoms. The van der Waals surface area contributed by atoms with Crippen molar-refractivity contribution in [3.05, 3.63) is 59.6 Å². The predicted octanol–water partition coefficient (Wildman–Crippen LogP) is 4.59. The second-order valence-electron chi connectivity index (χ2n) is 4.28.